The van der Waals surface area contributed by atoms with Gasteiger partial charge in [-0.25, -0.2) is 9.38 Å². The summed E-state index contributed by atoms with van der Waals surface area (Å²) in [5, 5.41) is 0.576. The van der Waals surface area contributed by atoms with Gasteiger partial charge in [-0.3, -0.25) is 9.69 Å². The maximum absolute atomic E-state index is 13.4. The first-order valence-electron chi connectivity index (χ1n) is 12.2. The van der Waals surface area contributed by atoms with Crippen LogP contribution < -0.4 is 14.2 Å². The SMILES string of the molecule is CCOc1cc(/C=C2\SC(=Nc3ccc(OC)cc3)N(CCOC)C2=O)cc(I)c1OCc1ccc(F)cc1. The molecule has 1 fully saturated rings. The molecular weight excluding hydrogens is 634 g/mol. The van der Waals surface area contributed by atoms with Crippen molar-refractivity contribution in [1.29, 1.82) is 0 Å². The van der Waals surface area contributed by atoms with Gasteiger partial charge in [0.2, 0.25) is 0 Å². The van der Waals surface area contributed by atoms with E-state index in [1.165, 1.54) is 23.9 Å². The minimum Gasteiger partial charge on any atom is -0.497 e. The van der Waals surface area contributed by atoms with Crippen molar-refractivity contribution >= 4 is 57.2 Å². The summed E-state index contributed by atoms with van der Waals surface area (Å²) in [4.78, 5) is 20.2. The number of amidine groups is 1. The Morgan fingerprint density at radius 1 is 1.05 bits per heavy atom. The number of thioether (sulfide) groups is 1. The Bertz CT molecular complexity index is 1360. The number of halogens is 2. The van der Waals surface area contributed by atoms with Crippen LogP contribution in [0.1, 0.15) is 18.1 Å². The molecule has 3 aromatic carbocycles. The molecule has 0 atom stereocenters. The number of hydrogen-bond acceptors (Lipinski definition) is 7. The number of rotatable bonds is 11. The molecule has 7 nitrogen and oxygen atoms in total. The van der Waals surface area contributed by atoms with E-state index in [2.05, 4.69) is 22.6 Å². The molecule has 0 aromatic heterocycles. The monoisotopic (exact) mass is 662 g/mol. The molecular formula is C29H28FIN2O5S. The standard InChI is InChI=1S/C29H28FIN2O5S/c1-4-37-25-16-20(15-24(31)27(25)38-18-19-5-7-21(30)8-6-19)17-26-28(34)33(13-14-35-2)29(39-26)32-22-9-11-23(36-3)12-10-22/h5-12,15-17H,4,13-14,18H2,1-3H3/b26-17-,32-29?. The molecule has 1 saturated heterocycles. The second-order valence-corrected chi connectivity index (χ2v) is 10.5. The fourth-order valence-electron chi connectivity index (χ4n) is 3.70. The Morgan fingerprint density at radius 2 is 1.79 bits per heavy atom. The summed E-state index contributed by atoms with van der Waals surface area (Å²) < 4.78 is 36.5. The smallest absolute Gasteiger partial charge is 0.266 e. The summed E-state index contributed by atoms with van der Waals surface area (Å²) in [5.41, 5.74) is 2.35. The van der Waals surface area contributed by atoms with Gasteiger partial charge in [0, 0.05) is 7.11 Å². The second-order valence-electron chi connectivity index (χ2n) is 8.33. The largest absolute Gasteiger partial charge is 0.497 e. The lowest BCUT2D eigenvalue weighted by Gasteiger charge is -2.15. The van der Waals surface area contributed by atoms with Gasteiger partial charge >= 0.3 is 0 Å². The lowest BCUT2D eigenvalue weighted by Crippen LogP contribution is -2.32. The number of methoxy groups -OCH3 is 2. The zero-order chi connectivity index (χ0) is 27.8. The molecule has 10 heteroatoms. The Hall–Kier alpha value is -3.09. The number of ether oxygens (including phenoxy) is 4. The van der Waals surface area contributed by atoms with Crippen molar-refractivity contribution < 1.29 is 28.1 Å². The molecule has 1 aliphatic heterocycles. The number of aliphatic imine (C=N–C) groups is 1. The Balaban J connectivity index is 1.61. The first-order valence-corrected chi connectivity index (χ1v) is 14.1. The van der Waals surface area contributed by atoms with Gasteiger partial charge in [0.1, 0.15) is 18.2 Å². The van der Waals surface area contributed by atoms with Crippen LogP contribution in [0.25, 0.3) is 6.08 Å². The average molecular weight is 663 g/mol. The topological polar surface area (TPSA) is 69.6 Å². The maximum atomic E-state index is 13.4. The quantitative estimate of drug-likeness (QED) is 0.169. The summed E-state index contributed by atoms with van der Waals surface area (Å²) in [6.07, 6.45) is 1.83. The zero-order valence-corrected chi connectivity index (χ0v) is 24.8. The Kier molecular flexibility index (Phi) is 10.2. The van der Waals surface area contributed by atoms with E-state index in [4.69, 9.17) is 23.9 Å². The summed E-state index contributed by atoms with van der Waals surface area (Å²) in [6.45, 7) is 3.37. The van der Waals surface area contributed by atoms with Gasteiger partial charge in [0.25, 0.3) is 5.91 Å². The summed E-state index contributed by atoms with van der Waals surface area (Å²) in [6, 6.07) is 17.3. The van der Waals surface area contributed by atoms with Gasteiger partial charge in [-0.15, -0.1) is 0 Å². The molecule has 1 heterocycles. The molecule has 0 bridgehead atoms. The fraction of sp³-hybridized carbons (Fsp3) is 0.241. The number of carbonyl (C=O) groups excluding carboxylic acids is 1. The molecule has 39 heavy (non-hydrogen) atoms. The fourth-order valence-corrected chi connectivity index (χ4v) is 5.51. The third-order valence-electron chi connectivity index (χ3n) is 5.63. The molecule has 0 aliphatic carbocycles. The molecule has 0 spiro atoms. The predicted molar refractivity (Wildman–Crippen MR) is 160 cm³/mol. The van der Waals surface area contributed by atoms with Gasteiger partial charge < -0.3 is 18.9 Å². The molecule has 0 saturated carbocycles. The van der Waals surface area contributed by atoms with E-state index >= 15 is 0 Å². The lowest BCUT2D eigenvalue weighted by atomic mass is 10.1. The molecule has 1 amide bonds. The average Bonchev–Trinajstić information content (AvgIpc) is 3.21. The molecule has 1 aliphatic rings. The number of carbonyl (C=O) groups is 1. The first-order chi connectivity index (χ1) is 18.9. The highest BCUT2D eigenvalue weighted by Gasteiger charge is 2.33. The molecule has 4 rings (SSSR count). The maximum Gasteiger partial charge on any atom is 0.266 e. The van der Waals surface area contributed by atoms with E-state index in [9.17, 15) is 9.18 Å². The van der Waals surface area contributed by atoms with Crippen molar-refractivity contribution in [2.45, 2.75) is 13.5 Å². The number of amides is 1. The van der Waals surface area contributed by atoms with Crippen molar-refractivity contribution in [2.75, 3.05) is 34.0 Å². The van der Waals surface area contributed by atoms with E-state index in [1.807, 2.05) is 49.4 Å². The van der Waals surface area contributed by atoms with Gasteiger partial charge in [-0.1, -0.05) is 12.1 Å². The summed E-state index contributed by atoms with van der Waals surface area (Å²) in [7, 11) is 3.21. The summed E-state index contributed by atoms with van der Waals surface area (Å²) >= 11 is 3.50. The summed E-state index contributed by atoms with van der Waals surface area (Å²) in [5.74, 6) is 1.46. The second kappa shape index (κ2) is 13.8. The van der Waals surface area contributed by atoms with Crippen LogP contribution in [-0.2, 0) is 16.1 Å². The third kappa shape index (κ3) is 7.52. The van der Waals surface area contributed by atoms with Crippen LogP contribution in [-0.4, -0.2) is 50.0 Å². The van der Waals surface area contributed by atoms with Gasteiger partial charge in [-0.2, -0.15) is 0 Å². The van der Waals surface area contributed by atoms with E-state index in [0.29, 0.717) is 47.0 Å². The van der Waals surface area contributed by atoms with E-state index in [-0.39, 0.29) is 18.3 Å². The van der Waals surface area contributed by atoms with Crippen molar-refractivity contribution in [3.8, 4) is 17.2 Å². The molecule has 0 N–H and O–H groups in total. The van der Waals surface area contributed by atoms with Gasteiger partial charge in [0.05, 0.1) is 41.0 Å². The van der Waals surface area contributed by atoms with Crippen LogP contribution in [0, 0.1) is 9.39 Å². The van der Waals surface area contributed by atoms with Crippen molar-refractivity contribution in [2.24, 2.45) is 4.99 Å². The highest BCUT2D eigenvalue weighted by atomic mass is 127. The third-order valence-corrected chi connectivity index (χ3v) is 7.44. The molecule has 0 unspecified atom stereocenters. The normalized spacial score (nSPS) is 15.3. The molecule has 204 valence electrons. The van der Waals surface area contributed by atoms with Crippen molar-refractivity contribution in [3.05, 3.63) is 86.1 Å². The van der Waals surface area contributed by atoms with Crippen molar-refractivity contribution in [1.82, 2.24) is 4.90 Å². The van der Waals surface area contributed by atoms with Crippen molar-refractivity contribution in [3.63, 3.8) is 0 Å². The number of nitrogens with zero attached hydrogens (tertiary/aromatic N) is 2. The van der Waals surface area contributed by atoms with Crippen LogP contribution >= 0.6 is 34.4 Å². The number of benzene rings is 3. The minimum atomic E-state index is -0.293. The van der Waals surface area contributed by atoms with E-state index in [1.54, 1.807) is 31.3 Å². The Labute approximate surface area is 245 Å². The first kappa shape index (κ1) is 28.9. The van der Waals surface area contributed by atoms with Crippen LogP contribution in [0.2, 0.25) is 0 Å². The lowest BCUT2D eigenvalue weighted by molar-refractivity contribution is -0.122. The van der Waals surface area contributed by atoms with Crippen LogP contribution in [0.3, 0.4) is 0 Å². The number of hydrogen-bond donors (Lipinski definition) is 0. The van der Waals surface area contributed by atoms with Gasteiger partial charge in [0.15, 0.2) is 16.7 Å². The van der Waals surface area contributed by atoms with Gasteiger partial charge in [-0.05, 0) is 107 Å². The van der Waals surface area contributed by atoms with E-state index in [0.717, 1.165) is 20.4 Å². The Morgan fingerprint density at radius 3 is 2.46 bits per heavy atom. The highest BCUT2D eigenvalue weighted by Crippen LogP contribution is 2.38. The minimum absolute atomic E-state index is 0.145. The zero-order valence-electron chi connectivity index (χ0n) is 21.8. The highest BCUT2D eigenvalue weighted by molar-refractivity contribution is 14.1. The molecule has 0 radical (unpaired) electrons. The van der Waals surface area contributed by atoms with Crippen LogP contribution in [0.15, 0.2) is 70.6 Å². The van der Waals surface area contributed by atoms with Crippen LogP contribution in [0.5, 0.6) is 17.2 Å². The predicted octanol–water partition coefficient (Wildman–Crippen LogP) is 6.67. The van der Waals surface area contributed by atoms with Crippen LogP contribution in [0.4, 0.5) is 10.1 Å². The van der Waals surface area contributed by atoms with E-state index < -0.39 is 0 Å². The molecule has 3 aromatic rings.